The van der Waals surface area contributed by atoms with E-state index in [0.29, 0.717) is 79.8 Å². The minimum absolute atomic E-state index is 0.0146. The number of amides is 4. The van der Waals surface area contributed by atoms with E-state index in [0.717, 1.165) is 36.7 Å². The number of carbonyl (C=O) groups is 4. The van der Waals surface area contributed by atoms with E-state index in [1.807, 2.05) is 18.2 Å². The molecule has 2 saturated heterocycles. The van der Waals surface area contributed by atoms with Crippen molar-refractivity contribution in [2.24, 2.45) is 13.0 Å². The largest absolute Gasteiger partial charge is 0.444 e. The van der Waals surface area contributed by atoms with Gasteiger partial charge in [0.25, 0.3) is 18.2 Å². The summed E-state index contributed by atoms with van der Waals surface area (Å²) in [6.07, 6.45) is 6.71. The van der Waals surface area contributed by atoms with Gasteiger partial charge >= 0.3 is 5.69 Å². The summed E-state index contributed by atoms with van der Waals surface area (Å²) in [5.41, 5.74) is 2.62. The lowest BCUT2D eigenvalue weighted by molar-refractivity contribution is -0.135. The monoisotopic (exact) mass is 920 g/mol. The molecule has 1 atom stereocenters. The van der Waals surface area contributed by atoms with Crippen molar-refractivity contribution in [3.8, 4) is 17.1 Å². The van der Waals surface area contributed by atoms with Crippen LogP contribution >= 0.6 is 0 Å². The minimum atomic E-state index is -2.99. The fraction of sp³-hybridized carbons (Fsp3) is 0.404. The third-order valence-electron chi connectivity index (χ3n) is 12.3. The molecule has 6 aromatic rings. The molecular weight excluding hydrogens is 871 g/mol. The molecule has 3 fully saturated rings. The molecule has 1 saturated carbocycles. The zero-order valence-electron chi connectivity index (χ0n) is 36.8. The van der Waals surface area contributed by atoms with Crippen molar-refractivity contribution in [3.63, 3.8) is 0 Å². The molecule has 67 heavy (non-hydrogen) atoms. The van der Waals surface area contributed by atoms with E-state index in [1.54, 1.807) is 54.5 Å². The highest BCUT2D eigenvalue weighted by molar-refractivity contribution is 6.03. The van der Waals surface area contributed by atoms with Gasteiger partial charge in [-0.15, -0.1) is 0 Å². The summed E-state index contributed by atoms with van der Waals surface area (Å²) in [5.74, 6) is -0.219. The van der Waals surface area contributed by atoms with Gasteiger partial charge in [-0.1, -0.05) is 6.07 Å². The number of pyridine rings is 1. The summed E-state index contributed by atoms with van der Waals surface area (Å²) in [6.45, 7) is 3.20. The number of nitrogens with one attached hydrogen (secondary N) is 3. The van der Waals surface area contributed by atoms with Crippen molar-refractivity contribution in [2.45, 2.75) is 69.9 Å². The molecule has 350 valence electrons. The van der Waals surface area contributed by atoms with Gasteiger partial charge in [0.1, 0.15) is 18.1 Å². The lowest BCUT2D eigenvalue weighted by Crippen LogP contribution is -2.44. The van der Waals surface area contributed by atoms with Crippen molar-refractivity contribution < 1.29 is 41.8 Å². The Bertz CT molecular complexity index is 2840. The molecule has 20 heteroatoms. The van der Waals surface area contributed by atoms with Gasteiger partial charge in [0.05, 0.1) is 47.9 Å². The topological polar surface area (TPSA) is 210 Å². The average molecular weight is 921 g/mol. The molecule has 2 aliphatic heterocycles. The van der Waals surface area contributed by atoms with E-state index in [1.165, 1.54) is 32.9 Å². The number of oxazole rings is 1. The van der Waals surface area contributed by atoms with E-state index in [-0.39, 0.29) is 53.7 Å². The van der Waals surface area contributed by atoms with Crippen LogP contribution in [-0.2, 0) is 32.5 Å². The third-order valence-corrected chi connectivity index (χ3v) is 12.3. The maximum atomic E-state index is 14.1. The highest BCUT2D eigenvalue weighted by Crippen LogP contribution is 2.31. The Morgan fingerprint density at radius 3 is 2.52 bits per heavy atom. The van der Waals surface area contributed by atoms with Crippen LogP contribution in [0.25, 0.3) is 28.2 Å². The smallest absolute Gasteiger partial charge is 0.329 e. The highest BCUT2D eigenvalue weighted by Gasteiger charge is 2.32. The fourth-order valence-corrected chi connectivity index (χ4v) is 8.42. The van der Waals surface area contributed by atoms with Gasteiger partial charge < -0.3 is 29.4 Å². The van der Waals surface area contributed by atoms with Crippen LogP contribution in [0, 0.1) is 5.92 Å². The Kier molecular flexibility index (Phi) is 13.3. The number of ether oxygens (including phenoxy) is 2. The predicted octanol–water partition coefficient (Wildman–Crippen LogP) is 5.84. The molecule has 9 rings (SSSR count). The Morgan fingerprint density at radius 2 is 1.76 bits per heavy atom. The van der Waals surface area contributed by atoms with E-state index in [9.17, 15) is 32.8 Å². The number of benzene rings is 2. The van der Waals surface area contributed by atoms with Gasteiger partial charge in [-0.3, -0.25) is 33.6 Å². The quantitative estimate of drug-likeness (QED) is 0.0687. The maximum absolute atomic E-state index is 14.1. The molecule has 4 aromatic heterocycles. The number of likely N-dealkylation sites (tertiary alicyclic amines) is 1. The predicted molar refractivity (Wildman–Crippen MR) is 240 cm³/mol. The first-order valence-corrected chi connectivity index (χ1v) is 22.5. The number of hydrogen-bond donors (Lipinski definition) is 3. The number of carbonyl (C=O) groups excluding carboxylic acids is 4. The van der Waals surface area contributed by atoms with Crippen molar-refractivity contribution >= 4 is 46.2 Å². The molecule has 1 unspecified atom stereocenters. The van der Waals surface area contributed by atoms with Crippen LogP contribution < -0.4 is 21.6 Å². The normalized spacial score (nSPS) is 16.8. The van der Waals surface area contributed by atoms with Crippen molar-refractivity contribution in [1.82, 2.24) is 39.1 Å². The Hall–Kier alpha value is -7.06. The summed E-state index contributed by atoms with van der Waals surface area (Å²) in [4.78, 5) is 74.1. The number of hydrogen-bond acceptors (Lipinski definition) is 12. The number of piperidine rings is 2. The Balaban J connectivity index is 0.701. The van der Waals surface area contributed by atoms with Gasteiger partial charge in [0, 0.05) is 57.0 Å². The minimum Gasteiger partial charge on any atom is -0.444 e. The lowest BCUT2D eigenvalue weighted by Gasteiger charge is -2.32. The van der Waals surface area contributed by atoms with Crippen LogP contribution in [0.3, 0.4) is 0 Å². The van der Waals surface area contributed by atoms with Crippen molar-refractivity contribution in [1.29, 1.82) is 0 Å². The van der Waals surface area contributed by atoms with Crippen molar-refractivity contribution in [2.75, 3.05) is 50.1 Å². The second-order valence-electron chi connectivity index (χ2n) is 17.0. The molecule has 3 aliphatic rings. The third kappa shape index (κ3) is 10.3. The number of halogens is 2. The molecular formula is C47H50F2N10O8. The number of rotatable bonds is 18. The van der Waals surface area contributed by atoms with E-state index in [2.05, 4.69) is 31.0 Å². The number of nitrogens with zero attached hydrogens (tertiary/aromatic N) is 7. The van der Waals surface area contributed by atoms with Crippen LogP contribution in [-0.4, -0.2) is 103 Å². The maximum Gasteiger partial charge on any atom is 0.329 e. The van der Waals surface area contributed by atoms with Gasteiger partial charge in [-0.05, 0) is 105 Å². The standard InChI is InChI=1S/C47H50F2N10O8/c1-56-38-23-28(6-11-36(38)59(47(56)64)37-12-13-40(60)54-44(37)62)3-2-20-65-21-22-66-33-15-18-57(19-16-33)46(63)30-7-9-32(10-8-30)58-26-34(41(55-58)42(48)49)52-43(61)35-27-67-45(53-35)31-14-17-50-39(24-31)51-25-29-4-5-29/h6-11,14,17,23-24,26-27,29,33,37,42H,2-5,12-13,15-16,18-22,25H2,1H3,(H,50,51)(H,52,61)(H,54,60,62). The number of imide groups is 1. The van der Waals surface area contributed by atoms with E-state index >= 15 is 0 Å². The molecule has 18 nitrogen and oxygen atoms in total. The highest BCUT2D eigenvalue weighted by atomic mass is 19.3. The zero-order valence-corrected chi connectivity index (χ0v) is 36.8. The number of fused-ring (bicyclic) bond motifs is 1. The first-order valence-electron chi connectivity index (χ1n) is 22.5. The summed E-state index contributed by atoms with van der Waals surface area (Å²) in [5, 5.41) is 12.1. The van der Waals surface area contributed by atoms with Gasteiger partial charge in [-0.2, -0.15) is 5.10 Å². The van der Waals surface area contributed by atoms with Crippen LogP contribution in [0.1, 0.15) is 89.5 Å². The first-order chi connectivity index (χ1) is 32.5. The molecule has 1 aliphatic carbocycles. The Morgan fingerprint density at radius 1 is 0.955 bits per heavy atom. The van der Waals surface area contributed by atoms with Crippen LogP contribution in [0.15, 0.2) is 82.5 Å². The van der Waals surface area contributed by atoms with E-state index in [4.69, 9.17) is 13.9 Å². The number of anilines is 2. The van der Waals surface area contributed by atoms with Crippen LogP contribution in [0.4, 0.5) is 20.3 Å². The molecule has 0 spiro atoms. The second kappa shape index (κ2) is 19.8. The van der Waals surface area contributed by atoms with Crippen LogP contribution in [0.2, 0.25) is 0 Å². The first kappa shape index (κ1) is 45.1. The van der Waals surface area contributed by atoms with Gasteiger partial charge in [0.2, 0.25) is 17.7 Å². The summed E-state index contributed by atoms with van der Waals surface area (Å²) < 4.78 is 49.9. The number of aromatic nitrogens is 6. The fourth-order valence-electron chi connectivity index (χ4n) is 8.42. The van der Waals surface area contributed by atoms with E-state index < -0.39 is 30.0 Å². The molecule has 2 aromatic carbocycles. The Labute approximate surface area is 382 Å². The summed E-state index contributed by atoms with van der Waals surface area (Å²) >= 11 is 0. The van der Waals surface area contributed by atoms with Crippen molar-refractivity contribution in [3.05, 3.63) is 106 Å². The molecule has 6 heterocycles. The summed E-state index contributed by atoms with van der Waals surface area (Å²) in [6, 6.07) is 14.9. The second-order valence-corrected chi connectivity index (χ2v) is 17.0. The summed E-state index contributed by atoms with van der Waals surface area (Å²) in [7, 11) is 1.67. The van der Waals surface area contributed by atoms with Crippen LogP contribution in [0.5, 0.6) is 0 Å². The van der Waals surface area contributed by atoms with Gasteiger partial charge in [-0.25, -0.2) is 28.2 Å². The van der Waals surface area contributed by atoms with Gasteiger partial charge in [0.15, 0.2) is 11.4 Å². The zero-order chi connectivity index (χ0) is 46.6. The number of aryl methyl sites for hydroxylation is 2. The lowest BCUT2D eigenvalue weighted by atomic mass is 10.1. The molecule has 0 bridgehead atoms. The average Bonchev–Trinajstić information content (AvgIpc) is 3.75. The molecule has 0 radical (unpaired) electrons. The molecule has 4 amide bonds. The SMILES string of the molecule is Cn1c(=O)n(C2CCC(=O)NC2=O)c2ccc(CCCOCCOC3CCN(C(=O)c4ccc(-n5cc(NC(=O)c6coc(-c7ccnc(NCC8CC8)c7)n6)c(C(F)F)n5)cc4)CC3)cc21. The molecule has 3 N–H and O–H groups in total. The number of alkyl halides is 2. The number of imidazole rings is 1.